The number of halogens is 3. The standard InChI is InChI=1S/C29H29ClF2N4O4/c1-39-13-12-36-26-14-19(29(37)38)3-6-25(26)33-27(36)16-35-10-8-18(9-11-35)24-7-5-22(31)28(34-24)40-17-20-2-4-21(30)15-23(20)32/h2-7,14-15,18H,8-13,16-17H2,1H3,(H,37,38). The minimum atomic E-state index is -0.981. The number of piperidine rings is 1. The first-order chi connectivity index (χ1) is 19.3. The first kappa shape index (κ1) is 27.9. The smallest absolute Gasteiger partial charge is 0.335 e. The molecule has 2 aromatic heterocycles. The monoisotopic (exact) mass is 570 g/mol. The van der Waals surface area contributed by atoms with Crippen LogP contribution in [-0.4, -0.2) is 57.3 Å². The second-order valence-corrected chi connectivity index (χ2v) is 10.2. The van der Waals surface area contributed by atoms with Crippen molar-refractivity contribution < 1.29 is 28.2 Å². The lowest BCUT2D eigenvalue weighted by atomic mass is 9.93. The van der Waals surface area contributed by atoms with Crippen molar-refractivity contribution in [2.45, 2.75) is 38.5 Å². The van der Waals surface area contributed by atoms with Gasteiger partial charge in [0.2, 0.25) is 0 Å². The van der Waals surface area contributed by atoms with Crippen LogP contribution in [0.1, 0.15) is 46.2 Å². The van der Waals surface area contributed by atoms with E-state index in [4.69, 9.17) is 26.1 Å². The van der Waals surface area contributed by atoms with Crippen molar-refractivity contribution in [2.24, 2.45) is 0 Å². The number of fused-ring (bicyclic) bond motifs is 1. The number of carboxylic acids is 1. The van der Waals surface area contributed by atoms with Gasteiger partial charge in [0.05, 0.1) is 29.7 Å². The molecule has 0 spiro atoms. The number of benzene rings is 2. The first-order valence-corrected chi connectivity index (χ1v) is 13.4. The lowest BCUT2D eigenvalue weighted by Crippen LogP contribution is -2.33. The fourth-order valence-corrected chi connectivity index (χ4v) is 5.16. The number of hydrogen-bond donors (Lipinski definition) is 1. The van der Waals surface area contributed by atoms with Gasteiger partial charge in [0.15, 0.2) is 5.82 Å². The summed E-state index contributed by atoms with van der Waals surface area (Å²) in [5.41, 5.74) is 2.73. The Morgan fingerprint density at radius 2 is 1.88 bits per heavy atom. The van der Waals surface area contributed by atoms with Gasteiger partial charge in [-0.1, -0.05) is 17.7 Å². The van der Waals surface area contributed by atoms with Crippen LogP contribution < -0.4 is 4.74 Å². The number of ether oxygens (including phenoxy) is 2. The molecule has 0 amide bonds. The number of carbonyl (C=O) groups is 1. The summed E-state index contributed by atoms with van der Waals surface area (Å²) in [6.45, 7) is 3.04. The molecule has 0 radical (unpaired) electrons. The van der Waals surface area contributed by atoms with E-state index in [1.165, 1.54) is 18.2 Å². The Morgan fingerprint density at radius 1 is 1.07 bits per heavy atom. The van der Waals surface area contributed by atoms with Gasteiger partial charge in [-0.3, -0.25) is 4.90 Å². The van der Waals surface area contributed by atoms with Gasteiger partial charge in [-0.2, -0.15) is 0 Å². The maximum Gasteiger partial charge on any atom is 0.335 e. The number of pyridine rings is 1. The van der Waals surface area contributed by atoms with E-state index in [0.29, 0.717) is 19.7 Å². The van der Waals surface area contributed by atoms with Gasteiger partial charge in [0, 0.05) is 35.9 Å². The summed E-state index contributed by atoms with van der Waals surface area (Å²) >= 11 is 5.80. The predicted octanol–water partition coefficient (Wildman–Crippen LogP) is 5.67. The first-order valence-electron chi connectivity index (χ1n) is 13.0. The molecule has 0 unspecified atom stereocenters. The summed E-state index contributed by atoms with van der Waals surface area (Å²) in [6.07, 6.45) is 1.62. The van der Waals surface area contributed by atoms with E-state index < -0.39 is 17.6 Å². The van der Waals surface area contributed by atoms with Crippen LogP contribution in [0.2, 0.25) is 5.02 Å². The molecular weight excluding hydrogens is 542 g/mol. The van der Waals surface area contributed by atoms with Crippen LogP contribution in [0.15, 0.2) is 48.5 Å². The van der Waals surface area contributed by atoms with Gasteiger partial charge >= 0.3 is 5.97 Å². The molecule has 4 aromatic rings. The van der Waals surface area contributed by atoms with E-state index in [-0.39, 0.29) is 34.6 Å². The molecule has 1 saturated heterocycles. The number of carboxylic acid groups (broad SMARTS) is 1. The number of hydrogen-bond acceptors (Lipinski definition) is 6. The van der Waals surface area contributed by atoms with Gasteiger partial charge in [0.1, 0.15) is 18.2 Å². The lowest BCUT2D eigenvalue weighted by Gasteiger charge is -2.31. The largest absolute Gasteiger partial charge is 0.478 e. The molecule has 1 aliphatic rings. The maximum absolute atomic E-state index is 14.4. The molecule has 0 aliphatic carbocycles. The minimum absolute atomic E-state index is 0.122. The molecule has 1 fully saturated rings. The molecular formula is C29H29ClF2N4O4. The Labute approximate surface area is 235 Å². The second kappa shape index (κ2) is 12.3. The molecule has 3 heterocycles. The van der Waals surface area contributed by atoms with Gasteiger partial charge in [-0.25, -0.2) is 23.5 Å². The topological polar surface area (TPSA) is 89.7 Å². The van der Waals surface area contributed by atoms with Crippen molar-refractivity contribution >= 4 is 28.6 Å². The van der Waals surface area contributed by atoms with E-state index in [1.807, 2.05) is 4.57 Å². The summed E-state index contributed by atoms with van der Waals surface area (Å²) in [4.78, 5) is 23.0. The molecule has 11 heteroatoms. The average Bonchev–Trinajstić information content (AvgIpc) is 3.28. The Kier molecular flexibility index (Phi) is 8.58. The van der Waals surface area contributed by atoms with Crippen molar-refractivity contribution in [3.05, 3.63) is 87.8 Å². The Balaban J connectivity index is 1.25. The third kappa shape index (κ3) is 6.24. The predicted molar refractivity (Wildman–Crippen MR) is 146 cm³/mol. The van der Waals surface area contributed by atoms with Gasteiger partial charge in [0.25, 0.3) is 5.88 Å². The van der Waals surface area contributed by atoms with Crippen LogP contribution >= 0.6 is 11.6 Å². The van der Waals surface area contributed by atoms with Crippen LogP contribution in [0.25, 0.3) is 11.0 Å². The average molecular weight is 571 g/mol. The number of likely N-dealkylation sites (tertiary alicyclic amines) is 1. The number of rotatable bonds is 10. The van der Waals surface area contributed by atoms with Crippen molar-refractivity contribution in [1.82, 2.24) is 19.4 Å². The summed E-state index contributed by atoms with van der Waals surface area (Å²) < 4.78 is 41.4. The highest BCUT2D eigenvalue weighted by Gasteiger charge is 2.25. The highest BCUT2D eigenvalue weighted by molar-refractivity contribution is 6.30. The molecule has 0 saturated carbocycles. The SMILES string of the molecule is COCCn1c(CN2CCC(c3ccc(F)c(OCc4ccc(Cl)cc4F)n3)CC2)nc2ccc(C(=O)O)cc21. The van der Waals surface area contributed by atoms with Gasteiger partial charge in [-0.15, -0.1) is 0 Å². The number of aromatic carboxylic acids is 1. The Hall–Kier alpha value is -3.60. The van der Waals surface area contributed by atoms with E-state index in [2.05, 4.69) is 9.88 Å². The minimum Gasteiger partial charge on any atom is -0.478 e. The second-order valence-electron chi connectivity index (χ2n) is 9.78. The molecule has 40 heavy (non-hydrogen) atoms. The quantitative estimate of drug-likeness (QED) is 0.263. The van der Waals surface area contributed by atoms with E-state index in [0.717, 1.165) is 48.5 Å². The number of imidazole rings is 1. The van der Waals surface area contributed by atoms with Gasteiger partial charge in [-0.05, 0) is 68.4 Å². The summed E-state index contributed by atoms with van der Waals surface area (Å²) in [6, 6.07) is 12.2. The van der Waals surface area contributed by atoms with Crippen LogP contribution in [0.3, 0.4) is 0 Å². The summed E-state index contributed by atoms with van der Waals surface area (Å²) in [5.74, 6) is -1.28. The van der Waals surface area contributed by atoms with E-state index >= 15 is 0 Å². The van der Waals surface area contributed by atoms with Crippen molar-refractivity contribution in [2.75, 3.05) is 26.8 Å². The van der Waals surface area contributed by atoms with Crippen LogP contribution in [0.5, 0.6) is 5.88 Å². The molecule has 1 N–H and O–H groups in total. The van der Waals surface area contributed by atoms with Gasteiger partial charge < -0.3 is 19.1 Å². The van der Waals surface area contributed by atoms with Crippen molar-refractivity contribution in [3.8, 4) is 5.88 Å². The third-order valence-electron chi connectivity index (χ3n) is 7.18. The zero-order chi connectivity index (χ0) is 28.2. The van der Waals surface area contributed by atoms with Crippen LogP contribution in [0, 0.1) is 11.6 Å². The normalized spacial score (nSPS) is 14.6. The van der Waals surface area contributed by atoms with Crippen LogP contribution in [0.4, 0.5) is 8.78 Å². The zero-order valence-corrected chi connectivity index (χ0v) is 22.7. The highest BCUT2D eigenvalue weighted by Crippen LogP contribution is 2.30. The van der Waals surface area contributed by atoms with Crippen molar-refractivity contribution in [3.63, 3.8) is 0 Å². The molecule has 1 aliphatic heterocycles. The van der Waals surface area contributed by atoms with E-state index in [1.54, 1.807) is 37.4 Å². The number of methoxy groups -OCH3 is 1. The summed E-state index contributed by atoms with van der Waals surface area (Å²) in [5, 5.41) is 9.69. The summed E-state index contributed by atoms with van der Waals surface area (Å²) in [7, 11) is 1.63. The molecule has 5 rings (SSSR count). The molecule has 210 valence electrons. The van der Waals surface area contributed by atoms with Crippen LogP contribution in [-0.2, 0) is 24.4 Å². The maximum atomic E-state index is 14.4. The van der Waals surface area contributed by atoms with E-state index in [9.17, 15) is 18.7 Å². The molecule has 0 bridgehead atoms. The highest BCUT2D eigenvalue weighted by atomic mass is 35.5. The molecule has 0 atom stereocenters. The zero-order valence-electron chi connectivity index (χ0n) is 21.9. The number of nitrogens with zero attached hydrogens (tertiary/aromatic N) is 4. The molecule has 2 aromatic carbocycles. The lowest BCUT2D eigenvalue weighted by molar-refractivity contribution is 0.0697. The molecule has 8 nitrogen and oxygen atoms in total. The van der Waals surface area contributed by atoms with Crippen molar-refractivity contribution in [1.29, 1.82) is 0 Å². The fourth-order valence-electron chi connectivity index (χ4n) is 5.00. The third-order valence-corrected chi connectivity index (χ3v) is 7.41. The Bertz CT molecular complexity index is 1520. The number of aromatic nitrogens is 3. The fraction of sp³-hybridized carbons (Fsp3) is 0.345. The Morgan fingerprint density at radius 3 is 2.60 bits per heavy atom.